The molecular formula is C24H32N6O2. The number of piperidine rings is 1. The first kappa shape index (κ1) is 21.0. The van der Waals surface area contributed by atoms with Gasteiger partial charge in [0.15, 0.2) is 5.96 Å². The van der Waals surface area contributed by atoms with Crippen LogP contribution >= 0.6 is 0 Å². The van der Waals surface area contributed by atoms with Gasteiger partial charge in [-0.1, -0.05) is 12.2 Å². The van der Waals surface area contributed by atoms with Crippen molar-refractivity contribution < 1.29 is 9.59 Å². The van der Waals surface area contributed by atoms with E-state index in [1.165, 1.54) is 24.2 Å². The highest BCUT2D eigenvalue weighted by molar-refractivity contribution is 6.06. The highest BCUT2D eigenvalue weighted by Crippen LogP contribution is 2.52. The van der Waals surface area contributed by atoms with E-state index in [0.717, 1.165) is 30.9 Å². The van der Waals surface area contributed by atoms with Crippen molar-refractivity contribution in [3.63, 3.8) is 0 Å². The van der Waals surface area contributed by atoms with Crippen LogP contribution in [-0.2, 0) is 16.1 Å². The van der Waals surface area contributed by atoms with Crippen LogP contribution in [0.5, 0.6) is 0 Å². The van der Waals surface area contributed by atoms with Gasteiger partial charge in [0, 0.05) is 46.0 Å². The first-order valence-corrected chi connectivity index (χ1v) is 11.8. The fraction of sp³-hybridized carbons (Fsp3) is 0.583. The lowest BCUT2D eigenvalue weighted by molar-refractivity contribution is -0.140. The number of carbonyl (C=O) groups is 2. The predicted molar refractivity (Wildman–Crippen MR) is 123 cm³/mol. The van der Waals surface area contributed by atoms with Crippen molar-refractivity contribution in [2.24, 2.45) is 28.7 Å². The number of guanidine groups is 1. The van der Waals surface area contributed by atoms with Crippen LogP contribution in [0.25, 0.3) is 0 Å². The number of imide groups is 1. The largest absolute Gasteiger partial charge is 0.357 e. The fourth-order valence-electron chi connectivity index (χ4n) is 5.74. The molecule has 8 nitrogen and oxygen atoms in total. The van der Waals surface area contributed by atoms with Gasteiger partial charge < -0.3 is 15.5 Å². The van der Waals surface area contributed by atoms with E-state index in [4.69, 9.17) is 0 Å². The Morgan fingerprint density at radius 2 is 1.81 bits per heavy atom. The van der Waals surface area contributed by atoms with Gasteiger partial charge in [-0.3, -0.25) is 19.5 Å². The molecule has 4 atom stereocenters. The molecule has 1 aromatic rings. The van der Waals surface area contributed by atoms with Crippen molar-refractivity contribution in [1.29, 1.82) is 0 Å². The van der Waals surface area contributed by atoms with E-state index in [1.54, 1.807) is 7.05 Å². The number of pyridine rings is 1. The van der Waals surface area contributed by atoms with E-state index < -0.39 is 0 Å². The third-order valence-electron chi connectivity index (χ3n) is 7.36. The Labute approximate surface area is 189 Å². The Hall–Kier alpha value is -2.90. The van der Waals surface area contributed by atoms with Crippen molar-refractivity contribution in [1.82, 2.24) is 20.5 Å². The van der Waals surface area contributed by atoms with Gasteiger partial charge in [0.1, 0.15) is 5.82 Å². The minimum atomic E-state index is -0.129. The summed E-state index contributed by atoms with van der Waals surface area (Å²) < 4.78 is 0. The molecule has 2 amide bonds. The monoisotopic (exact) mass is 436 g/mol. The van der Waals surface area contributed by atoms with Crippen molar-refractivity contribution in [3.8, 4) is 0 Å². The molecule has 8 heteroatoms. The van der Waals surface area contributed by atoms with Crippen LogP contribution in [0, 0.1) is 23.7 Å². The lowest BCUT2D eigenvalue weighted by Gasteiger charge is -2.28. The summed E-state index contributed by atoms with van der Waals surface area (Å²) in [5.41, 5.74) is 1.14. The summed E-state index contributed by atoms with van der Waals surface area (Å²) >= 11 is 0. The van der Waals surface area contributed by atoms with Gasteiger partial charge in [0.2, 0.25) is 11.8 Å². The third-order valence-corrected chi connectivity index (χ3v) is 7.36. The van der Waals surface area contributed by atoms with Gasteiger partial charge >= 0.3 is 0 Å². The summed E-state index contributed by atoms with van der Waals surface area (Å²) in [5.74, 6) is 1.95. The van der Waals surface area contributed by atoms with E-state index in [2.05, 4.69) is 43.7 Å². The fourth-order valence-corrected chi connectivity index (χ4v) is 5.74. The third kappa shape index (κ3) is 3.87. The van der Waals surface area contributed by atoms with Crippen molar-refractivity contribution in [2.75, 3.05) is 38.1 Å². The second kappa shape index (κ2) is 8.92. The number of aromatic nitrogens is 1. The second-order valence-electron chi connectivity index (χ2n) is 9.25. The first-order valence-electron chi connectivity index (χ1n) is 11.8. The van der Waals surface area contributed by atoms with E-state index in [1.807, 2.05) is 12.3 Å². The quantitative estimate of drug-likeness (QED) is 0.304. The zero-order valence-electron chi connectivity index (χ0n) is 18.7. The maximum absolute atomic E-state index is 12.8. The summed E-state index contributed by atoms with van der Waals surface area (Å²) in [7, 11) is 1.72. The second-order valence-corrected chi connectivity index (χ2v) is 9.25. The highest BCUT2D eigenvalue weighted by atomic mass is 16.2. The summed E-state index contributed by atoms with van der Waals surface area (Å²) in [6.45, 7) is 3.62. The zero-order valence-corrected chi connectivity index (χ0v) is 18.7. The maximum Gasteiger partial charge on any atom is 0.233 e. The van der Waals surface area contributed by atoms with Crippen LogP contribution in [0.3, 0.4) is 0 Å². The number of allylic oxidation sites excluding steroid dienone is 2. The molecule has 0 aromatic carbocycles. The van der Waals surface area contributed by atoms with Crippen molar-refractivity contribution in [2.45, 2.75) is 32.2 Å². The summed E-state index contributed by atoms with van der Waals surface area (Å²) in [5, 5.41) is 6.56. The standard InChI is InChI=1S/C24H32N6O2/c1-25-24(28-15-16-7-8-26-19(13-16)29-10-3-2-4-11-29)27-9-12-30-22(31)20-17-5-6-18(14-17)21(20)23(30)32/h5-8,13,17-18,20-21H,2-4,9-12,14-15H2,1H3,(H2,25,27,28). The topological polar surface area (TPSA) is 89.9 Å². The molecule has 3 heterocycles. The molecule has 2 saturated heterocycles. The Balaban J connectivity index is 1.11. The number of nitrogens with one attached hydrogen (secondary N) is 2. The van der Waals surface area contributed by atoms with Crippen LogP contribution in [0.15, 0.2) is 35.5 Å². The summed E-state index contributed by atoms with van der Waals surface area (Å²) in [6, 6.07) is 4.14. The van der Waals surface area contributed by atoms with Crippen LogP contribution in [0.4, 0.5) is 5.82 Å². The minimum absolute atomic E-state index is 0.00336. The van der Waals surface area contributed by atoms with Crippen LogP contribution < -0.4 is 15.5 Å². The van der Waals surface area contributed by atoms with Crippen LogP contribution in [0.1, 0.15) is 31.2 Å². The number of aliphatic imine (C=N–C) groups is 1. The molecule has 0 radical (unpaired) electrons. The molecular weight excluding hydrogens is 404 g/mol. The predicted octanol–water partition coefficient (Wildman–Crippen LogP) is 1.54. The molecule has 32 heavy (non-hydrogen) atoms. The Kier molecular flexibility index (Phi) is 5.85. The molecule has 0 spiro atoms. The molecule has 4 unspecified atom stereocenters. The van der Waals surface area contributed by atoms with Crippen LogP contribution in [-0.4, -0.2) is 60.9 Å². The Bertz CT molecular complexity index is 908. The molecule has 5 rings (SSSR count). The van der Waals surface area contributed by atoms with Gasteiger partial charge in [0.05, 0.1) is 11.8 Å². The number of anilines is 1. The van der Waals surface area contributed by atoms with E-state index in [0.29, 0.717) is 25.6 Å². The van der Waals surface area contributed by atoms with Gasteiger partial charge in [-0.05, 0) is 55.2 Å². The van der Waals surface area contributed by atoms with E-state index in [-0.39, 0.29) is 35.5 Å². The molecule has 2 aliphatic carbocycles. The molecule has 4 aliphatic rings. The van der Waals surface area contributed by atoms with Gasteiger partial charge in [-0.15, -0.1) is 0 Å². The first-order chi connectivity index (χ1) is 15.7. The minimum Gasteiger partial charge on any atom is -0.357 e. The SMILES string of the molecule is CN=C(NCCN1C(=O)C2C3C=CC(C3)C2C1=O)NCc1ccnc(N2CCCCC2)c1. The molecule has 3 fully saturated rings. The van der Waals surface area contributed by atoms with Crippen molar-refractivity contribution >= 4 is 23.6 Å². The number of rotatable bonds is 6. The Morgan fingerprint density at radius 1 is 1.09 bits per heavy atom. The average molecular weight is 437 g/mol. The molecule has 2 bridgehead atoms. The lowest BCUT2D eigenvalue weighted by atomic mass is 9.85. The molecule has 1 aromatic heterocycles. The van der Waals surface area contributed by atoms with Gasteiger partial charge in [0.25, 0.3) is 0 Å². The van der Waals surface area contributed by atoms with E-state index in [9.17, 15) is 9.59 Å². The lowest BCUT2D eigenvalue weighted by Crippen LogP contribution is -2.43. The number of carbonyl (C=O) groups excluding carboxylic acids is 2. The normalized spacial score (nSPS) is 29.1. The molecule has 1 saturated carbocycles. The molecule has 170 valence electrons. The zero-order chi connectivity index (χ0) is 22.1. The molecule has 2 aliphatic heterocycles. The average Bonchev–Trinajstić information content (AvgIpc) is 3.52. The van der Waals surface area contributed by atoms with Gasteiger partial charge in [-0.25, -0.2) is 4.98 Å². The number of likely N-dealkylation sites (tertiary alicyclic amines) is 1. The van der Waals surface area contributed by atoms with Crippen molar-refractivity contribution in [3.05, 3.63) is 36.0 Å². The smallest absolute Gasteiger partial charge is 0.233 e. The molecule has 2 N–H and O–H groups in total. The van der Waals surface area contributed by atoms with Gasteiger partial charge in [-0.2, -0.15) is 0 Å². The van der Waals surface area contributed by atoms with E-state index >= 15 is 0 Å². The number of amides is 2. The number of hydrogen-bond donors (Lipinski definition) is 2. The maximum atomic E-state index is 12.8. The Morgan fingerprint density at radius 3 is 2.50 bits per heavy atom. The number of fused-ring (bicyclic) bond motifs is 5. The summed E-state index contributed by atoms with van der Waals surface area (Å²) in [4.78, 5) is 38.2. The number of hydrogen-bond acceptors (Lipinski definition) is 5. The number of nitrogens with zero attached hydrogens (tertiary/aromatic N) is 4. The van der Waals surface area contributed by atoms with Crippen LogP contribution in [0.2, 0.25) is 0 Å². The highest BCUT2D eigenvalue weighted by Gasteiger charge is 2.58. The summed E-state index contributed by atoms with van der Waals surface area (Å²) in [6.07, 6.45) is 10.8.